The molecule has 0 spiro atoms. The third-order valence-corrected chi connectivity index (χ3v) is 4.35. The fourth-order valence-electron chi connectivity index (χ4n) is 3.19. The van der Waals surface area contributed by atoms with Gasteiger partial charge in [-0.25, -0.2) is 0 Å². The lowest BCUT2D eigenvalue weighted by atomic mass is 10.0. The molecule has 1 aliphatic carbocycles. The number of amides is 2. The van der Waals surface area contributed by atoms with Gasteiger partial charge in [0.1, 0.15) is 0 Å². The van der Waals surface area contributed by atoms with Crippen molar-refractivity contribution < 1.29 is 9.59 Å². The topological polar surface area (TPSA) is 67.2 Å². The van der Waals surface area contributed by atoms with E-state index in [0.29, 0.717) is 24.7 Å². The van der Waals surface area contributed by atoms with E-state index in [4.69, 9.17) is 0 Å². The number of hydrogen-bond acceptors (Lipinski definition) is 3. The molecule has 1 saturated heterocycles. The second-order valence-corrected chi connectivity index (χ2v) is 6.11. The Labute approximate surface area is 130 Å². The van der Waals surface area contributed by atoms with E-state index >= 15 is 0 Å². The number of allylic oxidation sites excluding steroid dienone is 2. The summed E-state index contributed by atoms with van der Waals surface area (Å²) >= 11 is 0. The largest absolute Gasteiger partial charge is 0.340 e. The summed E-state index contributed by atoms with van der Waals surface area (Å²) in [5.41, 5.74) is 0. The first-order valence-corrected chi connectivity index (χ1v) is 7.89. The van der Waals surface area contributed by atoms with E-state index in [9.17, 15) is 9.59 Å². The molecule has 2 amide bonds. The fourth-order valence-corrected chi connectivity index (χ4v) is 3.19. The van der Waals surface area contributed by atoms with Crippen molar-refractivity contribution in [2.45, 2.75) is 38.6 Å². The summed E-state index contributed by atoms with van der Waals surface area (Å²) in [6, 6.07) is 1.99. The van der Waals surface area contributed by atoms with Crippen LogP contribution in [-0.4, -0.2) is 39.6 Å². The quantitative estimate of drug-likeness (QED) is 0.865. The minimum atomic E-state index is -0.127. The summed E-state index contributed by atoms with van der Waals surface area (Å²) in [4.78, 5) is 25.3. The highest BCUT2D eigenvalue weighted by atomic mass is 16.2. The number of likely N-dealkylation sites (tertiary alicyclic amines) is 1. The Morgan fingerprint density at radius 2 is 2.27 bits per heavy atom. The standard InChI is InChI=1S/C16H22N4O2/c1-12(21)17-15-7-9-20(18-15)14-6-8-19(11-14)16(22)10-13-4-2-3-5-13/h2,4,7,9,13-14H,3,5-6,8,10-11H2,1H3,(H,17,18,21). The van der Waals surface area contributed by atoms with Gasteiger partial charge in [0.25, 0.3) is 0 Å². The number of aromatic nitrogens is 2. The first-order valence-electron chi connectivity index (χ1n) is 7.89. The van der Waals surface area contributed by atoms with Gasteiger partial charge in [-0.2, -0.15) is 5.10 Å². The van der Waals surface area contributed by atoms with E-state index in [1.165, 1.54) is 6.92 Å². The summed E-state index contributed by atoms with van der Waals surface area (Å²) in [6.45, 7) is 2.96. The summed E-state index contributed by atoms with van der Waals surface area (Å²) in [6.07, 6.45) is 9.93. The van der Waals surface area contributed by atoms with Gasteiger partial charge in [0.05, 0.1) is 6.04 Å². The van der Waals surface area contributed by atoms with E-state index in [1.807, 2.05) is 15.8 Å². The predicted octanol–water partition coefficient (Wildman–Crippen LogP) is 1.97. The molecule has 2 aliphatic rings. The van der Waals surface area contributed by atoms with Crippen LogP contribution in [0.15, 0.2) is 24.4 Å². The summed E-state index contributed by atoms with van der Waals surface area (Å²) in [5.74, 6) is 1.10. The Morgan fingerprint density at radius 1 is 1.41 bits per heavy atom. The number of carbonyl (C=O) groups excluding carboxylic acids is 2. The zero-order valence-corrected chi connectivity index (χ0v) is 12.9. The van der Waals surface area contributed by atoms with Gasteiger partial charge in [-0.15, -0.1) is 0 Å². The van der Waals surface area contributed by atoms with E-state index < -0.39 is 0 Å². The highest BCUT2D eigenvalue weighted by molar-refractivity contribution is 5.87. The van der Waals surface area contributed by atoms with E-state index in [1.54, 1.807) is 6.07 Å². The molecule has 1 aromatic rings. The third kappa shape index (κ3) is 3.37. The minimum Gasteiger partial charge on any atom is -0.340 e. The molecule has 1 N–H and O–H groups in total. The predicted molar refractivity (Wildman–Crippen MR) is 83.2 cm³/mol. The minimum absolute atomic E-state index is 0.127. The van der Waals surface area contributed by atoms with Gasteiger partial charge < -0.3 is 10.2 Å². The van der Waals surface area contributed by atoms with E-state index in [0.717, 1.165) is 25.8 Å². The lowest BCUT2D eigenvalue weighted by Gasteiger charge is -2.18. The summed E-state index contributed by atoms with van der Waals surface area (Å²) < 4.78 is 1.86. The normalized spacial score (nSPS) is 24.0. The van der Waals surface area contributed by atoms with Gasteiger partial charge in [-0.05, 0) is 25.2 Å². The molecular formula is C16H22N4O2. The molecule has 1 aliphatic heterocycles. The SMILES string of the molecule is CC(=O)Nc1ccn(C2CCN(C(=O)CC3C=CCC3)C2)n1. The number of carbonyl (C=O) groups is 2. The Kier molecular flexibility index (Phi) is 4.27. The number of nitrogens with one attached hydrogen (secondary N) is 1. The van der Waals surface area contributed by atoms with Crippen LogP contribution in [-0.2, 0) is 9.59 Å². The summed E-state index contributed by atoms with van der Waals surface area (Å²) in [5, 5.41) is 7.04. The number of rotatable bonds is 4. The maximum Gasteiger partial charge on any atom is 0.223 e. The first-order chi connectivity index (χ1) is 10.6. The molecule has 0 aromatic carbocycles. The maximum absolute atomic E-state index is 12.3. The van der Waals surface area contributed by atoms with Crippen molar-refractivity contribution in [3.8, 4) is 0 Å². The maximum atomic E-state index is 12.3. The van der Waals surface area contributed by atoms with Crippen LogP contribution >= 0.6 is 0 Å². The monoisotopic (exact) mass is 302 g/mol. The lowest BCUT2D eigenvalue weighted by Crippen LogP contribution is -2.30. The molecule has 0 bridgehead atoms. The van der Waals surface area contributed by atoms with Crippen molar-refractivity contribution in [2.24, 2.45) is 5.92 Å². The molecule has 0 saturated carbocycles. The van der Waals surface area contributed by atoms with Crippen LogP contribution in [0.1, 0.15) is 38.6 Å². The number of anilines is 1. The molecule has 6 nitrogen and oxygen atoms in total. The molecular weight excluding hydrogens is 280 g/mol. The van der Waals surface area contributed by atoms with Gasteiger partial charge in [0.2, 0.25) is 11.8 Å². The van der Waals surface area contributed by atoms with Crippen LogP contribution in [0.3, 0.4) is 0 Å². The third-order valence-electron chi connectivity index (χ3n) is 4.35. The van der Waals surface area contributed by atoms with Gasteiger partial charge in [0, 0.05) is 38.7 Å². The molecule has 118 valence electrons. The van der Waals surface area contributed by atoms with Crippen LogP contribution < -0.4 is 5.32 Å². The molecule has 2 heterocycles. The first kappa shape index (κ1) is 14.8. The molecule has 22 heavy (non-hydrogen) atoms. The number of nitrogens with zero attached hydrogens (tertiary/aromatic N) is 3. The van der Waals surface area contributed by atoms with Crippen molar-refractivity contribution in [3.63, 3.8) is 0 Å². The van der Waals surface area contributed by atoms with E-state index in [-0.39, 0.29) is 17.9 Å². The molecule has 3 rings (SSSR count). The molecule has 0 radical (unpaired) electrons. The van der Waals surface area contributed by atoms with Gasteiger partial charge >= 0.3 is 0 Å². The lowest BCUT2D eigenvalue weighted by molar-refractivity contribution is -0.130. The van der Waals surface area contributed by atoms with Crippen LogP contribution in [0.5, 0.6) is 0 Å². The molecule has 2 unspecified atom stereocenters. The average molecular weight is 302 g/mol. The Balaban J connectivity index is 1.55. The van der Waals surface area contributed by atoms with E-state index in [2.05, 4.69) is 22.6 Å². The Bertz CT molecular complexity index is 593. The van der Waals surface area contributed by atoms with Gasteiger partial charge in [-0.3, -0.25) is 14.3 Å². The Hall–Kier alpha value is -2.11. The van der Waals surface area contributed by atoms with Crippen molar-refractivity contribution in [2.75, 3.05) is 18.4 Å². The molecule has 1 aromatic heterocycles. The van der Waals surface area contributed by atoms with Gasteiger partial charge in [-0.1, -0.05) is 12.2 Å². The van der Waals surface area contributed by atoms with Crippen LogP contribution in [0.25, 0.3) is 0 Å². The smallest absolute Gasteiger partial charge is 0.223 e. The van der Waals surface area contributed by atoms with Crippen LogP contribution in [0, 0.1) is 5.92 Å². The van der Waals surface area contributed by atoms with Gasteiger partial charge in [0.15, 0.2) is 5.82 Å². The summed E-state index contributed by atoms with van der Waals surface area (Å²) in [7, 11) is 0. The zero-order chi connectivity index (χ0) is 15.5. The van der Waals surface area contributed by atoms with Crippen molar-refractivity contribution in [1.82, 2.24) is 14.7 Å². The van der Waals surface area contributed by atoms with Crippen LogP contribution in [0.2, 0.25) is 0 Å². The highest BCUT2D eigenvalue weighted by Gasteiger charge is 2.29. The van der Waals surface area contributed by atoms with Crippen LogP contribution in [0.4, 0.5) is 5.82 Å². The second-order valence-electron chi connectivity index (χ2n) is 6.11. The second kappa shape index (κ2) is 6.34. The molecule has 1 fully saturated rings. The van der Waals surface area contributed by atoms with Crippen molar-refractivity contribution >= 4 is 17.6 Å². The molecule has 2 atom stereocenters. The zero-order valence-electron chi connectivity index (χ0n) is 12.9. The average Bonchev–Trinajstić information content (AvgIpc) is 3.18. The Morgan fingerprint density at radius 3 is 3.00 bits per heavy atom. The molecule has 6 heteroatoms. The van der Waals surface area contributed by atoms with Crippen molar-refractivity contribution in [1.29, 1.82) is 0 Å². The van der Waals surface area contributed by atoms with Crippen molar-refractivity contribution in [3.05, 3.63) is 24.4 Å². The highest BCUT2D eigenvalue weighted by Crippen LogP contribution is 2.26. The number of hydrogen-bond donors (Lipinski definition) is 1. The fraction of sp³-hybridized carbons (Fsp3) is 0.562.